The topological polar surface area (TPSA) is 55.6 Å². The number of nitrogens with one attached hydrogen (secondary N) is 1. The summed E-state index contributed by atoms with van der Waals surface area (Å²) in [6, 6.07) is 11.6. The van der Waals surface area contributed by atoms with Gasteiger partial charge in [0, 0.05) is 24.5 Å². The second-order valence-electron chi connectivity index (χ2n) is 5.69. The third-order valence-corrected chi connectivity index (χ3v) is 4.09. The van der Waals surface area contributed by atoms with E-state index in [0.717, 1.165) is 36.3 Å². The van der Waals surface area contributed by atoms with Crippen molar-refractivity contribution in [2.75, 3.05) is 6.61 Å². The molecule has 0 unspecified atom stereocenters. The summed E-state index contributed by atoms with van der Waals surface area (Å²) >= 11 is 0. The van der Waals surface area contributed by atoms with Gasteiger partial charge in [0.2, 0.25) is 0 Å². The van der Waals surface area contributed by atoms with Crippen LogP contribution >= 0.6 is 0 Å². The van der Waals surface area contributed by atoms with Crippen molar-refractivity contribution in [1.29, 1.82) is 0 Å². The van der Waals surface area contributed by atoms with Gasteiger partial charge in [0.1, 0.15) is 5.75 Å². The molecule has 23 heavy (non-hydrogen) atoms. The van der Waals surface area contributed by atoms with Gasteiger partial charge >= 0.3 is 0 Å². The number of aromatic nitrogens is 2. The molecule has 4 rings (SSSR count). The zero-order valence-corrected chi connectivity index (χ0v) is 12.7. The van der Waals surface area contributed by atoms with E-state index in [1.807, 2.05) is 24.3 Å². The number of amides is 1. The first-order valence-electron chi connectivity index (χ1n) is 7.76. The highest BCUT2D eigenvalue weighted by atomic mass is 16.5. The maximum atomic E-state index is 12.3. The van der Waals surface area contributed by atoms with Crippen LogP contribution in [0.4, 0.5) is 0 Å². The van der Waals surface area contributed by atoms with E-state index in [0.29, 0.717) is 12.1 Å². The monoisotopic (exact) mass is 307 g/mol. The number of nitrogens with zero attached hydrogens (tertiary/aromatic N) is 2. The largest absolute Gasteiger partial charge is 0.493 e. The van der Waals surface area contributed by atoms with Crippen LogP contribution in [0.15, 0.2) is 48.8 Å². The second kappa shape index (κ2) is 5.76. The quantitative estimate of drug-likeness (QED) is 0.809. The number of rotatable bonds is 3. The lowest BCUT2D eigenvalue weighted by Gasteiger charge is -2.18. The summed E-state index contributed by atoms with van der Waals surface area (Å²) in [4.78, 5) is 12.3. The fourth-order valence-corrected chi connectivity index (χ4v) is 2.87. The molecule has 1 N–H and O–H groups in total. The molecule has 3 heterocycles. The Morgan fingerprint density at radius 3 is 3.17 bits per heavy atom. The Morgan fingerprint density at radius 1 is 1.26 bits per heavy atom. The van der Waals surface area contributed by atoms with Crippen molar-refractivity contribution in [3.05, 3.63) is 65.5 Å². The number of fused-ring (bicyclic) bond motifs is 2. The van der Waals surface area contributed by atoms with Gasteiger partial charge in [-0.05, 0) is 48.2 Å². The Labute approximate surface area is 133 Å². The molecule has 0 radical (unpaired) electrons. The molecule has 0 atom stereocenters. The summed E-state index contributed by atoms with van der Waals surface area (Å²) in [6.07, 6.45) is 5.59. The Bertz CT molecular complexity index is 870. The number of carbonyl (C=O) groups is 1. The number of carbonyl (C=O) groups excluding carboxylic acids is 1. The van der Waals surface area contributed by atoms with Crippen LogP contribution in [0.25, 0.3) is 5.52 Å². The van der Waals surface area contributed by atoms with E-state index in [1.54, 1.807) is 23.0 Å². The molecule has 1 aliphatic rings. The van der Waals surface area contributed by atoms with E-state index in [1.165, 1.54) is 5.56 Å². The lowest BCUT2D eigenvalue weighted by atomic mass is 10.0. The van der Waals surface area contributed by atoms with Crippen LogP contribution in [0.3, 0.4) is 0 Å². The number of hydrogen-bond donors (Lipinski definition) is 1. The minimum atomic E-state index is -0.0809. The molecule has 1 aliphatic heterocycles. The van der Waals surface area contributed by atoms with Crippen LogP contribution < -0.4 is 10.1 Å². The lowest BCUT2D eigenvalue weighted by molar-refractivity contribution is 0.0951. The average molecular weight is 307 g/mol. The molecule has 116 valence electrons. The van der Waals surface area contributed by atoms with Gasteiger partial charge in [-0.25, -0.2) is 4.52 Å². The van der Waals surface area contributed by atoms with Crippen molar-refractivity contribution in [3.63, 3.8) is 0 Å². The smallest absolute Gasteiger partial charge is 0.251 e. The van der Waals surface area contributed by atoms with Crippen LogP contribution in [0.5, 0.6) is 5.75 Å². The van der Waals surface area contributed by atoms with Gasteiger partial charge < -0.3 is 10.1 Å². The number of ether oxygens (including phenoxy) is 1. The van der Waals surface area contributed by atoms with E-state index in [-0.39, 0.29) is 5.91 Å². The average Bonchev–Trinajstić information content (AvgIpc) is 3.07. The summed E-state index contributed by atoms with van der Waals surface area (Å²) in [5.41, 5.74) is 3.86. The number of hydrogen-bond acceptors (Lipinski definition) is 3. The summed E-state index contributed by atoms with van der Waals surface area (Å²) in [7, 11) is 0. The molecule has 0 bridgehead atoms. The molecule has 0 spiro atoms. The summed E-state index contributed by atoms with van der Waals surface area (Å²) in [6.45, 7) is 1.30. The van der Waals surface area contributed by atoms with Crippen LogP contribution in [0.1, 0.15) is 27.9 Å². The highest BCUT2D eigenvalue weighted by Gasteiger charge is 2.11. The molecule has 5 nitrogen and oxygen atoms in total. The van der Waals surface area contributed by atoms with Crippen LogP contribution in [-0.2, 0) is 13.0 Å². The fraction of sp³-hybridized carbons (Fsp3) is 0.222. The molecular formula is C18H17N3O2. The van der Waals surface area contributed by atoms with Crippen molar-refractivity contribution in [1.82, 2.24) is 14.9 Å². The molecule has 1 aromatic carbocycles. The standard InChI is InChI=1S/C18H17N3O2/c22-18(15-6-8-21-16(11-15)5-7-20-21)19-12-13-3-4-17-14(10-13)2-1-9-23-17/h3-8,10-11H,1-2,9,12H2,(H,19,22). The molecule has 2 aromatic heterocycles. The van der Waals surface area contributed by atoms with E-state index in [9.17, 15) is 4.79 Å². The number of pyridine rings is 1. The summed E-state index contributed by atoms with van der Waals surface area (Å²) in [5.74, 6) is 0.889. The molecule has 1 amide bonds. The zero-order chi connectivity index (χ0) is 15.6. The summed E-state index contributed by atoms with van der Waals surface area (Å²) in [5, 5.41) is 7.10. The third kappa shape index (κ3) is 2.77. The van der Waals surface area contributed by atoms with Crippen LogP contribution in [0.2, 0.25) is 0 Å². The third-order valence-electron chi connectivity index (χ3n) is 4.09. The van der Waals surface area contributed by atoms with Crippen molar-refractivity contribution >= 4 is 11.4 Å². The second-order valence-corrected chi connectivity index (χ2v) is 5.69. The van der Waals surface area contributed by atoms with E-state index >= 15 is 0 Å². The number of aryl methyl sites for hydroxylation is 1. The van der Waals surface area contributed by atoms with Crippen LogP contribution in [-0.4, -0.2) is 22.1 Å². The number of benzene rings is 1. The molecular weight excluding hydrogens is 290 g/mol. The van der Waals surface area contributed by atoms with Gasteiger partial charge in [0.05, 0.1) is 12.1 Å². The lowest BCUT2D eigenvalue weighted by Crippen LogP contribution is -2.23. The highest BCUT2D eigenvalue weighted by molar-refractivity contribution is 5.95. The van der Waals surface area contributed by atoms with E-state index < -0.39 is 0 Å². The first-order valence-corrected chi connectivity index (χ1v) is 7.76. The minimum Gasteiger partial charge on any atom is -0.493 e. The van der Waals surface area contributed by atoms with Crippen molar-refractivity contribution in [2.24, 2.45) is 0 Å². The van der Waals surface area contributed by atoms with Gasteiger partial charge in [0.15, 0.2) is 0 Å². The Kier molecular flexibility index (Phi) is 3.46. The van der Waals surface area contributed by atoms with E-state index in [4.69, 9.17) is 4.74 Å². The first-order chi connectivity index (χ1) is 11.3. The normalized spacial score (nSPS) is 13.4. The zero-order valence-electron chi connectivity index (χ0n) is 12.7. The van der Waals surface area contributed by atoms with E-state index in [2.05, 4.69) is 16.5 Å². The first kappa shape index (κ1) is 13.8. The van der Waals surface area contributed by atoms with Gasteiger partial charge in [-0.3, -0.25) is 4.79 Å². The Morgan fingerprint density at radius 2 is 2.22 bits per heavy atom. The van der Waals surface area contributed by atoms with Gasteiger partial charge in [-0.2, -0.15) is 5.10 Å². The molecule has 5 heteroatoms. The Hall–Kier alpha value is -2.82. The van der Waals surface area contributed by atoms with Gasteiger partial charge in [-0.1, -0.05) is 12.1 Å². The Balaban J connectivity index is 1.46. The minimum absolute atomic E-state index is 0.0809. The molecule has 0 fully saturated rings. The highest BCUT2D eigenvalue weighted by Crippen LogP contribution is 2.25. The SMILES string of the molecule is O=C(NCc1ccc2c(c1)CCCO2)c1ccn2nccc2c1. The van der Waals surface area contributed by atoms with Gasteiger partial charge in [-0.15, -0.1) is 0 Å². The van der Waals surface area contributed by atoms with Crippen molar-refractivity contribution in [2.45, 2.75) is 19.4 Å². The maximum absolute atomic E-state index is 12.3. The molecule has 0 saturated heterocycles. The fourth-order valence-electron chi connectivity index (χ4n) is 2.87. The maximum Gasteiger partial charge on any atom is 0.251 e. The predicted octanol–water partition coefficient (Wildman–Crippen LogP) is 2.59. The van der Waals surface area contributed by atoms with Gasteiger partial charge in [0.25, 0.3) is 5.91 Å². The molecule has 0 saturated carbocycles. The molecule has 0 aliphatic carbocycles. The van der Waals surface area contributed by atoms with Crippen molar-refractivity contribution < 1.29 is 9.53 Å². The predicted molar refractivity (Wildman–Crippen MR) is 86.6 cm³/mol. The molecule has 3 aromatic rings. The van der Waals surface area contributed by atoms with Crippen LogP contribution in [0, 0.1) is 0 Å². The summed E-state index contributed by atoms with van der Waals surface area (Å²) < 4.78 is 7.35. The van der Waals surface area contributed by atoms with Crippen molar-refractivity contribution in [3.8, 4) is 5.75 Å².